The monoisotopic (exact) mass is 604 g/mol. The van der Waals surface area contributed by atoms with Crippen LogP contribution in [0.2, 0.25) is 0 Å². The van der Waals surface area contributed by atoms with Crippen molar-refractivity contribution in [2.24, 2.45) is 0 Å². The van der Waals surface area contributed by atoms with Crippen LogP contribution < -0.4 is 10.1 Å². The molecule has 0 aliphatic carbocycles. The van der Waals surface area contributed by atoms with E-state index >= 15 is 0 Å². The quantitative estimate of drug-likeness (QED) is 0.289. The predicted octanol–water partition coefficient (Wildman–Crippen LogP) is 5.60. The number of ketones is 1. The van der Waals surface area contributed by atoms with E-state index < -0.39 is 21.7 Å². The molecule has 1 N–H and O–H groups in total. The molecule has 34 heavy (non-hydrogen) atoms. The largest absolute Gasteiger partial charge is 0.495 e. The van der Waals surface area contributed by atoms with Gasteiger partial charge in [0.1, 0.15) is 11.4 Å². The first-order valence-corrected chi connectivity index (χ1v) is 13.0. The van der Waals surface area contributed by atoms with Crippen LogP contribution in [-0.2, 0) is 14.8 Å². The van der Waals surface area contributed by atoms with E-state index in [4.69, 9.17) is 4.74 Å². The molecule has 174 valence electrons. The standard InChI is InChI=1S/C24H18Br2N2O5S/c1-14(29)27-19-13-21(33-2)18(25)12-17(19)24(30)23-22(26)16-10-6-7-11-20(16)28(23)34(31,32)15-8-4-3-5-9-15/h3-13H,1-2H3,(H,27,29). The molecular formula is C24H18Br2N2O5S. The van der Waals surface area contributed by atoms with Gasteiger partial charge < -0.3 is 10.1 Å². The Hall–Kier alpha value is -2.95. The molecule has 4 aromatic rings. The molecule has 0 radical (unpaired) electrons. The molecule has 1 amide bonds. The smallest absolute Gasteiger partial charge is 0.268 e. The minimum Gasteiger partial charge on any atom is -0.495 e. The number of hydrogen-bond acceptors (Lipinski definition) is 5. The van der Waals surface area contributed by atoms with E-state index in [1.807, 2.05) is 0 Å². The number of benzene rings is 3. The average molecular weight is 606 g/mol. The number of para-hydroxylation sites is 1. The second-order valence-electron chi connectivity index (χ2n) is 7.30. The molecule has 1 aromatic heterocycles. The van der Waals surface area contributed by atoms with Crippen LogP contribution in [0.4, 0.5) is 5.69 Å². The fourth-order valence-corrected chi connectivity index (χ4v) is 6.49. The first kappa shape index (κ1) is 24.2. The molecule has 0 saturated carbocycles. The van der Waals surface area contributed by atoms with Crippen molar-refractivity contribution in [3.8, 4) is 5.75 Å². The molecule has 3 aromatic carbocycles. The lowest BCUT2D eigenvalue weighted by Crippen LogP contribution is -2.20. The molecule has 0 unspecified atom stereocenters. The number of rotatable bonds is 6. The van der Waals surface area contributed by atoms with Crippen molar-refractivity contribution in [3.63, 3.8) is 0 Å². The van der Waals surface area contributed by atoms with Crippen LogP contribution in [0.5, 0.6) is 5.75 Å². The highest BCUT2D eigenvalue weighted by molar-refractivity contribution is 9.11. The summed E-state index contributed by atoms with van der Waals surface area (Å²) in [5.41, 5.74) is 0.540. The number of amides is 1. The van der Waals surface area contributed by atoms with Gasteiger partial charge >= 0.3 is 0 Å². The normalized spacial score (nSPS) is 11.4. The zero-order valence-electron chi connectivity index (χ0n) is 18.0. The third kappa shape index (κ3) is 4.17. The summed E-state index contributed by atoms with van der Waals surface area (Å²) in [6.07, 6.45) is 0. The molecule has 7 nitrogen and oxygen atoms in total. The zero-order chi connectivity index (χ0) is 24.6. The van der Waals surface area contributed by atoms with Gasteiger partial charge in [0, 0.05) is 23.9 Å². The Labute approximate surface area is 213 Å². The molecule has 0 aliphatic rings. The summed E-state index contributed by atoms with van der Waals surface area (Å²) in [5.74, 6) is -0.596. The minimum atomic E-state index is -4.15. The zero-order valence-corrected chi connectivity index (χ0v) is 22.0. The maximum absolute atomic E-state index is 14.0. The number of methoxy groups -OCH3 is 1. The van der Waals surface area contributed by atoms with Gasteiger partial charge in [-0.25, -0.2) is 12.4 Å². The number of anilines is 1. The first-order chi connectivity index (χ1) is 16.2. The number of ether oxygens (including phenoxy) is 1. The summed E-state index contributed by atoms with van der Waals surface area (Å²) in [5, 5.41) is 3.19. The van der Waals surface area contributed by atoms with Crippen molar-refractivity contribution >= 4 is 70.2 Å². The van der Waals surface area contributed by atoms with E-state index in [0.717, 1.165) is 3.97 Å². The first-order valence-electron chi connectivity index (χ1n) is 9.96. The summed E-state index contributed by atoms with van der Waals surface area (Å²) in [6, 6.07) is 17.7. The van der Waals surface area contributed by atoms with Crippen molar-refractivity contribution in [1.82, 2.24) is 3.97 Å². The van der Waals surface area contributed by atoms with E-state index in [1.54, 1.807) is 42.5 Å². The fraction of sp³-hybridized carbons (Fsp3) is 0.0833. The number of nitrogens with one attached hydrogen (secondary N) is 1. The molecule has 0 aliphatic heterocycles. The number of carbonyl (C=O) groups is 2. The molecule has 0 spiro atoms. The highest BCUT2D eigenvalue weighted by Crippen LogP contribution is 2.38. The van der Waals surface area contributed by atoms with Crippen LogP contribution in [0, 0.1) is 0 Å². The Kier molecular flexibility index (Phi) is 6.66. The summed E-state index contributed by atoms with van der Waals surface area (Å²) >= 11 is 6.83. The van der Waals surface area contributed by atoms with Gasteiger partial charge in [0.05, 0.1) is 32.2 Å². The molecule has 0 fully saturated rings. The lowest BCUT2D eigenvalue weighted by molar-refractivity contribution is -0.114. The highest BCUT2D eigenvalue weighted by Gasteiger charge is 2.31. The molecule has 10 heteroatoms. The Balaban J connectivity index is 2.05. The van der Waals surface area contributed by atoms with Gasteiger partial charge in [-0.3, -0.25) is 9.59 Å². The number of fused-ring (bicyclic) bond motifs is 1. The van der Waals surface area contributed by atoms with Gasteiger partial charge in [-0.15, -0.1) is 0 Å². The topological polar surface area (TPSA) is 94.5 Å². The number of hydrogen-bond donors (Lipinski definition) is 1. The average Bonchev–Trinajstić information content (AvgIpc) is 3.13. The number of carbonyl (C=O) groups excluding carboxylic acids is 2. The van der Waals surface area contributed by atoms with E-state index in [2.05, 4.69) is 37.2 Å². The predicted molar refractivity (Wildman–Crippen MR) is 137 cm³/mol. The third-order valence-corrected chi connectivity index (χ3v) is 8.26. The number of aromatic nitrogens is 1. The van der Waals surface area contributed by atoms with Crippen molar-refractivity contribution in [2.75, 3.05) is 12.4 Å². The summed E-state index contributed by atoms with van der Waals surface area (Å²) < 4.78 is 34.6. The van der Waals surface area contributed by atoms with Crippen LogP contribution >= 0.6 is 31.9 Å². The van der Waals surface area contributed by atoms with Gasteiger partial charge in [-0.2, -0.15) is 0 Å². The Bertz CT molecular complexity index is 1550. The summed E-state index contributed by atoms with van der Waals surface area (Å²) in [4.78, 5) is 25.8. The maximum Gasteiger partial charge on any atom is 0.268 e. The third-order valence-electron chi connectivity index (χ3n) is 5.11. The van der Waals surface area contributed by atoms with Crippen molar-refractivity contribution < 1.29 is 22.7 Å². The molecule has 0 saturated heterocycles. The van der Waals surface area contributed by atoms with Gasteiger partial charge in [-0.05, 0) is 56.1 Å². The minimum absolute atomic E-state index is 0.0373. The lowest BCUT2D eigenvalue weighted by Gasteiger charge is -2.15. The Morgan fingerprint density at radius 2 is 1.62 bits per heavy atom. The second kappa shape index (κ2) is 9.36. The molecule has 1 heterocycles. The Morgan fingerprint density at radius 1 is 0.971 bits per heavy atom. The van der Waals surface area contributed by atoms with E-state index in [-0.39, 0.29) is 21.8 Å². The van der Waals surface area contributed by atoms with Crippen molar-refractivity contribution in [3.05, 3.63) is 86.9 Å². The lowest BCUT2D eigenvalue weighted by atomic mass is 10.1. The van der Waals surface area contributed by atoms with Crippen LogP contribution in [0.1, 0.15) is 23.0 Å². The van der Waals surface area contributed by atoms with Crippen LogP contribution in [0.15, 0.2) is 80.6 Å². The SMILES string of the molecule is COc1cc(NC(C)=O)c(C(=O)c2c(Br)c3ccccc3n2S(=O)(=O)c2ccccc2)cc1Br. The van der Waals surface area contributed by atoms with Crippen LogP contribution in [0.25, 0.3) is 10.9 Å². The second-order valence-corrected chi connectivity index (χ2v) is 10.7. The number of halogens is 2. The molecule has 0 atom stereocenters. The van der Waals surface area contributed by atoms with Crippen molar-refractivity contribution in [2.45, 2.75) is 11.8 Å². The summed E-state index contributed by atoms with van der Waals surface area (Å²) in [7, 11) is -2.69. The van der Waals surface area contributed by atoms with Gasteiger partial charge in [0.15, 0.2) is 0 Å². The molecule has 0 bridgehead atoms. The summed E-state index contributed by atoms with van der Waals surface area (Å²) in [6.45, 7) is 1.32. The van der Waals surface area contributed by atoms with Crippen molar-refractivity contribution in [1.29, 1.82) is 0 Å². The van der Waals surface area contributed by atoms with Crippen LogP contribution in [0.3, 0.4) is 0 Å². The van der Waals surface area contributed by atoms with Gasteiger partial charge in [-0.1, -0.05) is 36.4 Å². The highest BCUT2D eigenvalue weighted by atomic mass is 79.9. The molecule has 4 rings (SSSR count). The number of nitrogens with zero attached hydrogens (tertiary/aromatic N) is 1. The maximum atomic E-state index is 14.0. The van der Waals surface area contributed by atoms with Crippen LogP contribution in [-0.4, -0.2) is 31.2 Å². The Morgan fingerprint density at radius 3 is 2.26 bits per heavy atom. The van der Waals surface area contributed by atoms with Gasteiger partial charge in [0.25, 0.3) is 10.0 Å². The van der Waals surface area contributed by atoms with E-state index in [0.29, 0.717) is 25.6 Å². The molecular weight excluding hydrogens is 588 g/mol. The van der Waals surface area contributed by atoms with E-state index in [9.17, 15) is 18.0 Å². The fourth-order valence-electron chi connectivity index (χ4n) is 3.63. The van der Waals surface area contributed by atoms with Gasteiger partial charge in [0.2, 0.25) is 11.7 Å². The van der Waals surface area contributed by atoms with E-state index in [1.165, 1.54) is 38.3 Å².